The molecule has 0 spiro atoms. The van der Waals surface area contributed by atoms with Crippen LogP contribution in [0.1, 0.15) is 149 Å². The van der Waals surface area contributed by atoms with Gasteiger partial charge in [0.05, 0.1) is 25.4 Å². The summed E-state index contributed by atoms with van der Waals surface area (Å²) in [6.45, 7) is 7.95. The molecule has 222 valence electrons. The Hall–Kier alpha value is -0.200. The molecule has 0 saturated heterocycles. The molecule has 1 aliphatic carbocycles. The predicted octanol–water partition coefficient (Wildman–Crippen LogP) is 7.66. The molecule has 0 aliphatic heterocycles. The Morgan fingerprint density at radius 2 is 0.946 bits per heavy atom. The quantitative estimate of drug-likeness (QED) is 0.107. The van der Waals surface area contributed by atoms with Crippen molar-refractivity contribution in [1.82, 2.24) is 4.90 Å². The van der Waals surface area contributed by atoms with Crippen LogP contribution < -0.4 is 0 Å². The Kier molecular flexibility index (Phi) is 24.5. The number of hydrogen-bond donors (Lipinski definition) is 2. The number of unbranched alkanes of at least 4 members (excludes halogenated alkanes) is 14. The molecule has 37 heavy (non-hydrogen) atoms. The van der Waals surface area contributed by atoms with E-state index in [0.29, 0.717) is 32.3 Å². The van der Waals surface area contributed by atoms with E-state index in [4.69, 9.17) is 9.47 Å². The maximum absolute atomic E-state index is 10.7. The first-order valence-electron chi connectivity index (χ1n) is 16.4. The maximum Gasteiger partial charge on any atom is 0.0900 e. The van der Waals surface area contributed by atoms with Crippen LogP contribution in [-0.2, 0) is 9.47 Å². The van der Waals surface area contributed by atoms with Gasteiger partial charge in [0.2, 0.25) is 0 Å². The summed E-state index contributed by atoms with van der Waals surface area (Å²) in [7, 11) is 0. The monoisotopic (exact) mass is 527 g/mol. The number of aliphatic hydroxyl groups excluding tert-OH is 2. The molecular formula is C32H65NO4. The minimum Gasteiger partial charge on any atom is -0.389 e. The lowest BCUT2D eigenvalue weighted by molar-refractivity contribution is -0.0261. The van der Waals surface area contributed by atoms with Crippen molar-refractivity contribution in [2.75, 3.05) is 39.5 Å². The molecule has 2 N–H and O–H groups in total. The molecule has 1 saturated carbocycles. The Bertz CT molecular complexity index is 426. The normalized spacial score (nSPS) is 16.5. The lowest BCUT2D eigenvalue weighted by Gasteiger charge is -2.36. The highest BCUT2D eigenvalue weighted by molar-refractivity contribution is 4.80. The zero-order chi connectivity index (χ0) is 26.8. The first kappa shape index (κ1) is 34.8. The zero-order valence-electron chi connectivity index (χ0n) is 25.0. The first-order valence-corrected chi connectivity index (χ1v) is 16.4. The molecule has 2 atom stereocenters. The number of nitrogens with zero attached hydrogens (tertiary/aromatic N) is 1. The van der Waals surface area contributed by atoms with E-state index >= 15 is 0 Å². The summed E-state index contributed by atoms with van der Waals surface area (Å²) >= 11 is 0. The highest BCUT2D eigenvalue weighted by atomic mass is 16.5. The summed E-state index contributed by atoms with van der Waals surface area (Å²) in [5.74, 6) is 0. The topological polar surface area (TPSA) is 62.2 Å². The summed E-state index contributed by atoms with van der Waals surface area (Å²) in [6.07, 6.45) is 25.8. The van der Waals surface area contributed by atoms with Gasteiger partial charge in [-0.2, -0.15) is 0 Å². The molecular weight excluding hydrogens is 462 g/mol. The van der Waals surface area contributed by atoms with Gasteiger partial charge in [0.15, 0.2) is 0 Å². The molecule has 5 heteroatoms. The number of rotatable bonds is 27. The second-order valence-electron chi connectivity index (χ2n) is 11.7. The van der Waals surface area contributed by atoms with Crippen molar-refractivity contribution in [1.29, 1.82) is 0 Å². The zero-order valence-corrected chi connectivity index (χ0v) is 25.0. The smallest absolute Gasteiger partial charge is 0.0900 e. The number of aliphatic hydroxyl groups is 2. The van der Waals surface area contributed by atoms with Gasteiger partial charge in [-0.1, -0.05) is 123 Å². The third-order valence-electron chi connectivity index (χ3n) is 7.89. The van der Waals surface area contributed by atoms with E-state index in [1.54, 1.807) is 0 Å². The number of hydrogen-bond acceptors (Lipinski definition) is 5. The largest absolute Gasteiger partial charge is 0.389 e. The van der Waals surface area contributed by atoms with Crippen LogP contribution in [0.4, 0.5) is 0 Å². The summed E-state index contributed by atoms with van der Waals surface area (Å²) in [6, 6.07) is 0.457. The van der Waals surface area contributed by atoms with Gasteiger partial charge >= 0.3 is 0 Å². The van der Waals surface area contributed by atoms with Gasteiger partial charge < -0.3 is 19.7 Å². The second kappa shape index (κ2) is 26.0. The molecule has 5 nitrogen and oxygen atoms in total. The summed E-state index contributed by atoms with van der Waals surface area (Å²) in [5.41, 5.74) is 0. The predicted molar refractivity (Wildman–Crippen MR) is 157 cm³/mol. The minimum absolute atomic E-state index is 0.394. The molecule has 1 aliphatic rings. The van der Waals surface area contributed by atoms with Gasteiger partial charge in [-0.3, -0.25) is 4.90 Å². The molecule has 0 radical (unpaired) electrons. The summed E-state index contributed by atoms with van der Waals surface area (Å²) in [4.78, 5) is 2.31. The highest BCUT2D eigenvalue weighted by Crippen LogP contribution is 2.23. The minimum atomic E-state index is -0.499. The van der Waals surface area contributed by atoms with E-state index in [0.717, 1.165) is 38.9 Å². The molecule has 0 amide bonds. The van der Waals surface area contributed by atoms with E-state index in [1.807, 2.05) is 0 Å². The lowest BCUT2D eigenvalue weighted by Crippen LogP contribution is -2.47. The van der Waals surface area contributed by atoms with Crippen molar-refractivity contribution in [3.05, 3.63) is 0 Å². The summed E-state index contributed by atoms with van der Waals surface area (Å²) in [5, 5.41) is 21.3. The van der Waals surface area contributed by atoms with Crippen molar-refractivity contribution < 1.29 is 19.7 Å². The van der Waals surface area contributed by atoms with Crippen LogP contribution in [-0.4, -0.2) is 72.9 Å². The maximum atomic E-state index is 10.7. The Labute approximate surface area is 231 Å². The molecule has 0 bridgehead atoms. The van der Waals surface area contributed by atoms with Crippen molar-refractivity contribution in [2.24, 2.45) is 0 Å². The van der Waals surface area contributed by atoms with Crippen LogP contribution in [0.2, 0.25) is 0 Å². The standard InChI is InChI=1S/C32H65NO4/c1-3-5-7-9-11-13-15-20-24-36-28-31(34)26-33(30-22-18-17-19-23-30)27-32(35)29-37-25-21-16-14-12-10-8-6-4-2/h30-32,34-35H,3-29H2,1-2H3. The highest BCUT2D eigenvalue weighted by Gasteiger charge is 2.25. The third-order valence-corrected chi connectivity index (χ3v) is 7.89. The Morgan fingerprint density at radius 3 is 1.35 bits per heavy atom. The second-order valence-corrected chi connectivity index (χ2v) is 11.7. The van der Waals surface area contributed by atoms with Crippen LogP contribution in [0.25, 0.3) is 0 Å². The molecule has 0 aromatic heterocycles. The average molecular weight is 528 g/mol. The Balaban J connectivity index is 2.17. The molecule has 0 heterocycles. The van der Waals surface area contributed by atoms with Crippen LogP contribution in [0.15, 0.2) is 0 Å². The van der Waals surface area contributed by atoms with Gasteiger partial charge in [0, 0.05) is 32.3 Å². The van der Waals surface area contributed by atoms with Crippen LogP contribution in [0.5, 0.6) is 0 Å². The molecule has 0 aromatic carbocycles. The van der Waals surface area contributed by atoms with Gasteiger partial charge in [-0.05, 0) is 25.7 Å². The van der Waals surface area contributed by atoms with E-state index in [2.05, 4.69) is 18.7 Å². The van der Waals surface area contributed by atoms with E-state index < -0.39 is 12.2 Å². The van der Waals surface area contributed by atoms with Crippen molar-refractivity contribution in [3.63, 3.8) is 0 Å². The van der Waals surface area contributed by atoms with Crippen molar-refractivity contribution >= 4 is 0 Å². The lowest BCUT2D eigenvalue weighted by atomic mass is 9.93. The van der Waals surface area contributed by atoms with Gasteiger partial charge in [0.25, 0.3) is 0 Å². The fourth-order valence-electron chi connectivity index (χ4n) is 5.58. The average Bonchev–Trinajstić information content (AvgIpc) is 2.91. The Morgan fingerprint density at radius 1 is 0.568 bits per heavy atom. The van der Waals surface area contributed by atoms with Gasteiger partial charge in [0.1, 0.15) is 0 Å². The fourth-order valence-corrected chi connectivity index (χ4v) is 5.58. The van der Waals surface area contributed by atoms with Crippen molar-refractivity contribution in [2.45, 2.75) is 167 Å². The van der Waals surface area contributed by atoms with E-state index in [1.165, 1.54) is 109 Å². The van der Waals surface area contributed by atoms with E-state index in [9.17, 15) is 10.2 Å². The SMILES string of the molecule is CCCCCCCCCCOCC(O)CN(CC(O)COCCCCCCCCCC)C1CCCCC1. The molecule has 1 rings (SSSR count). The third kappa shape index (κ3) is 21.3. The van der Waals surface area contributed by atoms with Crippen molar-refractivity contribution in [3.8, 4) is 0 Å². The molecule has 0 aromatic rings. The fraction of sp³-hybridized carbons (Fsp3) is 1.00. The number of ether oxygens (including phenoxy) is 2. The molecule has 2 unspecified atom stereocenters. The van der Waals surface area contributed by atoms with Crippen LogP contribution in [0, 0.1) is 0 Å². The molecule has 1 fully saturated rings. The summed E-state index contributed by atoms with van der Waals surface area (Å²) < 4.78 is 11.6. The first-order chi connectivity index (χ1) is 18.2. The van der Waals surface area contributed by atoms with Gasteiger partial charge in [-0.15, -0.1) is 0 Å². The van der Waals surface area contributed by atoms with Crippen LogP contribution in [0.3, 0.4) is 0 Å². The van der Waals surface area contributed by atoms with E-state index in [-0.39, 0.29) is 0 Å². The van der Waals surface area contributed by atoms with Gasteiger partial charge in [-0.25, -0.2) is 0 Å². The van der Waals surface area contributed by atoms with Crippen LogP contribution >= 0.6 is 0 Å².